The summed E-state index contributed by atoms with van der Waals surface area (Å²) in [6.07, 6.45) is 9.13. The van der Waals surface area contributed by atoms with Crippen LogP contribution in [0.5, 0.6) is 0 Å². The van der Waals surface area contributed by atoms with Crippen LogP contribution < -0.4 is 5.32 Å². The number of piperidine rings is 1. The van der Waals surface area contributed by atoms with Crippen molar-refractivity contribution in [1.29, 1.82) is 0 Å². The summed E-state index contributed by atoms with van der Waals surface area (Å²) in [6, 6.07) is 20.1. The van der Waals surface area contributed by atoms with E-state index in [0.717, 1.165) is 43.7 Å². The van der Waals surface area contributed by atoms with Gasteiger partial charge < -0.3 is 19.0 Å². The number of benzene rings is 1. The van der Waals surface area contributed by atoms with Gasteiger partial charge in [-0.3, -0.25) is 14.7 Å². The van der Waals surface area contributed by atoms with Crippen molar-refractivity contribution in [1.82, 2.24) is 19.8 Å². The molecule has 1 saturated heterocycles. The lowest BCUT2D eigenvalue weighted by Gasteiger charge is -2.44. The van der Waals surface area contributed by atoms with Crippen molar-refractivity contribution in [2.75, 3.05) is 19.7 Å². The summed E-state index contributed by atoms with van der Waals surface area (Å²) in [5.74, 6) is 0.111. The molecule has 0 saturated carbocycles. The average molecular weight is 497 g/mol. The molecule has 0 radical (unpaired) electrons. The van der Waals surface area contributed by atoms with Gasteiger partial charge >= 0.3 is 0 Å². The molecule has 7 nitrogen and oxygen atoms in total. The average Bonchev–Trinajstić information content (AvgIpc) is 3.68. The second kappa shape index (κ2) is 10.00. The monoisotopic (exact) mass is 496 g/mol. The van der Waals surface area contributed by atoms with Gasteiger partial charge in [0, 0.05) is 36.7 Å². The van der Waals surface area contributed by atoms with Crippen LogP contribution in [0.2, 0.25) is 0 Å². The van der Waals surface area contributed by atoms with Gasteiger partial charge in [-0.15, -0.1) is 0 Å². The van der Waals surface area contributed by atoms with E-state index in [0.29, 0.717) is 12.4 Å². The predicted molar refractivity (Wildman–Crippen MR) is 141 cm³/mol. The minimum Gasteiger partial charge on any atom is -0.459 e. The number of likely N-dealkylation sites (tertiary alicyclic amines) is 1. The summed E-state index contributed by atoms with van der Waals surface area (Å²) in [5, 5.41) is 3.24. The lowest BCUT2D eigenvalue weighted by atomic mass is 9.71. The summed E-state index contributed by atoms with van der Waals surface area (Å²) in [4.78, 5) is 19.8. The zero-order chi connectivity index (χ0) is 25.2. The molecule has 1 amide bonds. The minimum absolute atomic E-state index is 0.129. The number of hydrogen-bond donors (Lipinski definition) is 1. The second-order valence-electron chi connectivity index (χ2n) is 9.90. The van der Waals surface area contributed by atoms with Gasteiger partial charge in [0.2, 0.25) is 0 Å². The number of rotatable bonds is 7. The predicted octanol–water partition coefficient (Wildman–Crippen LogP) is 4.89. The smallest absolute Gasteiger partial charge is 0.287 e. The fourth-order valence-corrected chi connectivity index (χ4v) is 6.25. The Morgan fingerprint density at radius 2 is 1.97 bits per heavy atom. The molecule has 6 rings (SSSR count). The second-order valence-corrected chi connectivity index (χ2v) is 9.90. The Bertz CT molecular complexity index is 1340. The van der Waals surface area contributed by atoms with E-state index in [1.807, 2.05) is 19.2 Å². The number of fused-ring (bicyclic) bond motifs is 2. The molecule has 4 aromatic rings. The highest BCUT2D eigenvalue weighted by molar-refractivity contribution is 5.91. The first kappa shape index (κ1) is 23.7. The van der Waals surface area contributed by atoms with Crippen LogP contribution in [0.4, 0.5) is 0 Å². The Balaban J connectivity index is 1.24. The Labute approximate surface area is 217 Å². The molecular weight excluding hydrogens is 464 g/mol. The lowest BCUT2D eigenvalue weighted by Crippen LogP contribution is -2.50. The fourth-order valence-electron chi connectivity index (χ4n) is 6.25. The number of carbonyl (C=O) groups is 1. The summed E-state index contributed by atoms with van der Waals surface area (Å²) in [5.41, 5.74) is 4.64. The van der Waals surface area contributed by atoms with E-state index in [1.165, 1.54) is 17.5 Å². The first-order valence-corrected chi connectivity index (χ1v) is 13.0. The normalized spacial score (nSPS) is 20.7. The molecule has 1 fully saturated rings. The molecule has 1 spiro atoms. The van der Waals surface area contributed by atoms with E-state index in [-0.39, 0.29) is 23.5 Å². The van der Waals surface area contributed by atoms with Crippen molar-refractivity contribution >= 4 is 5.91 Å². The number of aromatic nitrogens is 2. The van der Waals surface area contributed by atoms with Crippen LogP contribution in [-0.4, -0.2) is 46.2 Å². The SMILES string of the molecule is CCO[C@@H]1[C@@H](NC(=O)c2ccco2)c2ccccc2C12CCN(Cc1cccn1-c1cccnc1)CC2. The van der Waals surface area contributed by atoms with Crippen LogP contribution in [0.15, 0.2) is 89.9 Å². The summed E-state index contributed by atoms with van der Waals surface area (Å²) in [7, 11) is 0. The summed E-state index contributed by atoms with van der Waals surface area (Å²) in [6.45, 7) is 5.40. The highest BCUT2D eigenvalue weighted by Gasteiger charge is 2.54. The standard InChI is InChI=1S/C30H32N4O3/c1-2-36-28-27(32-29(35)26-12-7-19-37-26)24-10-3-4-11-25(24)30(28)13-17-33(18-14-30)21-23-9-6-16-34(23)22-8-5-15-31-20-22/h3-12,15-16,19-20,27-28H,2,13-14,17-18,21H2,1H3,(H,32,35)/t27-,28+/m0/s1. The Hall–Kier alpha value is -3.68. The van der Waals surface area contributed by atoms with Crippen LogP contribution >= 0.6 is 0 Å². The number of carbonyl (C=O) groups excluding carboxylic acids is 1. The molecule has 1 aliphatic carbocycles. The van der Waals surface area contributed by atoms with Crippen LogP contribution in [0.1, 0.15) is 53.2 Å². The Kier molecular flexibility index (Phi) is 6.40. The molecule has 7 heteroatoms. The third kappa shape index (κ3) is 4.28. The van der Waals surface area contributed by atoms with Gasteiger partial charge in [0.1, 0.15) is 0 Å². The molecule has 3 aromatic heterocycles. The van der Waals surface area contributed by atoms with Gasteiger partial charge in [-0.25, -0.2) is 0 Å². The van der Waals surface area contributed by atoms with Crippen molar-refractivity contribution in [3.8, 4) is 5.69 Å². The van der Waals surface area contributed by atoms with Gasteiger partial charge in [-0.2, -0.15) is 0 Å². The summed E-state index contributed by atoms with van der Waals surface area (Å²) >= 11 is 0. The molecule has 0 unspecified atom stereocenters. The van der Waals surface area contributed by atoms with E-state index in [1.54, 1.807) is 18.3 Å². The van der Waals surface area contributed by atoms with Crippen LogP contribution in [0, 0.1) is 0 Å². The van der Waals surface area contributed by atoms with Crippen LogP contribution in [0.25, 0.3) is 5.69 Å². The third-order valence-corrected chi connectivity index (χ3v) is 7.95. The molecule has 2 atom stereocenters. The van der Waals surface area contributed by atoms with E-state index < -0.39 is 0 Å². The van der Waals surface area contributed by atoms with Crippen LogP contribution in [-0.2, 0) is 16.7 Å². The Morgan fingerprint density at radius 3 is 2.73 bits per heavy atom. The van der Waals surface area contributed by atoms with Gasteiger partial charge in [-0.1, -0.05) is 24.3 Å². The topological polar surface area (TPSA) is 72.5 Å². The zero-order valence-corrected chi connectivity index (χ0v) is 21.0. The van der Waals surface area contributed by atoms with E-state index in [4.69, 9.17) is 9.15 Å². The molecule has 0 bridgehead atoms. The number of furan rings is 1. The van der Waals surface area contributed by atoms with E-state index >= 15 is 0 Å². The van der Waals surface area contributed by atoms with Crippen molar-refractivity contribution in [2.24, 2.45) is 0 Å². The number of pyridine rings is 1. The number of amides is 1. The molecule has 37 heavy (non-hydrogen) atoms. The van der Waals surface area contributed by atoms with Crippen molar-refractivity contribution in [2.45, 2.75) is 43.9 Å². The van der Waals surface area contributed by atoms with Crippen LogP contribution in [0.3, 0.4) is 0 Å². The molecule has 1 aromatic carbocycles. The highest BCUT2D eigenvalue weighted by atomic mass is 16.5. The van der Waals surface area contributed by atoms with E-state index in [9.17, 15) is 4.79 Å². The number of ether oxygens (including phenoxy) is 1. The first-order valence-electron chi connectivity index (χ1n) is 13.0. The molecular formula is C30H32N4O3. The molecule has 190 valence electrons. The third-order valence-electron chi connectivity index (χ3n) is 7.95. The van der Waals surface area contributed by atoms with E-state index in [2.05, 4.69) is 68.4 Å². The van der Waals surface area contributed by atoms with Crippen molar-refractivity contribution in [3.63, 3.8) is 0 Å². The number of nitrogens with one attached hydrogen (secondary N) is 1. The largest absolute Gasteiger partial charge is 0.459 e. The molecule has 4 heterocycles. The molecule has 2 aliphatic rings. The molecule has 1 N–H and O–H groups in total. The van der Waals surface area contributed by atoms with Gasteiger partial charge in [0.05, 0.1) is 30.3 Å². The minimum atomic E-state index is -0.219. The van der Waals surface area contributed by atoms with Crippen molar-refractivity contribution < 1.29 is 13.9 Å². The van der Waals surface area contributed by atoms with Gasteiger partial charge in [-0.05, 0) is 80.4 Å². The highest BCUT2D eigenvalue weighted by Crippen LogP contribution is 2.52. The Morgan fingerprint density at radius 1 is 1.11 bits per heavy atom. The van der Waals surface area contributed by atoms with Gasteiger partial charge in [0.15, 0.2) is 5.76 Å². The maximum atomic E-state index is 13.0. The fraction of sp³-hybridized carbons (Fsp3) is 0.333. The molecule has 1 aliphatic heterocycles. The number of hydrogen-bond acceptors (Lipinski definition) is 5. The first-order chi connectivity index (χ1) is 18.2. The quantitative estimate of drug-likeness (QED) is 0.395. The van der Waals surface area contributed by atoms with Crippen molar-refractivity contribution in [3.05, 3.63) is 108 Å². The maximum absolute atomic E-state index is 13.0. The number of nitrogens with zero attached hydrogens (tertiary/aromatic N) is 3. The van der Waals surface area contributed by atoms with Gasteiger partial charge in [0.25, 0.3) is 5.91 Å². The maximum Gasteiger partial charge on any atom is 0.287 e. The lowest BCUT2D eigenvalue weighted by molar-refractivity contribution is -0.0337. The summed E-state index contributed by atoms with van der Waals surface area (Å²) < 4.78 is 14.0. The zero-order valence-electron chi connectivity index (χ0n) is 21.0.